The predicted octanol–water partition coefficient (Wildman–Crippen LogP) is 2.90. The summed E-state index contributed by atoms with van der Waals surface area (Å²) in [6.45, 7) is 3.91. The van der Waals surface area contributed by atoms with Crippen molar-refractivity contribution in [1.82, 2.24) is 0 Å². The van der Waals surface area contributed by atoms with E-state index in [9.17, 15) is 9.59 Å². The number of carbonyl (C=O) groups excluding carboxylic acids is 2. The van der Waals surface area contributed by atoms with Crippen LogP contribution in [0.5, 0.6) is 0 Å². The molecular formula is C21H23N3O3. The molecule has 27 heavy (non-hydrogen) atoms. The van der Waals surface area contributed by atoms with Crippen molar-refractivity contribution >= 4 is 28.9 Å². The maximum Gasteiger partial charge on any atom is 0.255 e. The molecule has 2 aromatic carbocycles. The van der Waals surface area contributed by atoms with E-state index in [2.05, 4.69) is 10.2 Å². The summed E-state index contributed by atoms with van der Waals surface area (Å²) in [6, 6.07) is 15.1. The Balaban J connectivity index is 1.43. The minimum Gasteiger partial charge on any atom is -0.378 e. The molecule has 6 heteroatoms. The summed E-state index contributed by atoms with van der Waals surface area (Å²) >= 11 is 0. The number of carbonyl (C=O) groups is 2. The molecule has 1 N–H and O–H groups in total. The van der Waals surface area contributed by atoms with Crippen LogP contribution in [0.1, 0.15) is 23.2 Å². The fourth-order valence-electron chi connectivity index (χ4n) is 3.52. The minimum absolute atomic E-state index is 0.145. The summed E-state index contributed by atoms with van der Waals surface area (Å²) in [5.74, 6) is -0.0134. The normalized spacial score (nSPS) is 17.3. The van der Waals surface area contributed by atoms with E-state index in [4.69, 9.17) is 4.74 Å². The predicted molar refractivity (Wildman–Crippen MR) is 105 cm³/mol. The zero-order valence-electron chi connectivity index (χ0n) is 15.2. The maximum absolute atomic E-state index is 12.6. The summed E-state index contributed by atoms with van der Waals surface area (Å²) < 4.78 is 5.39. The van der Waals surface area contributed by atoms with Gasteiger partial charge in [-0.2, -0.15) is 0 Å². The first kappa shape index (κ1) is 17.5. The lowest BCUT2D eigenvalue weighted by Gasteiger charge is -2.29. The molecule has 0 bridgehead atoms. The van der Waals surface area contributed by atoms with Gasteiger partial charge in [0, 0.05) is 48.7 Å². The zero-order chi connectivity index (χ0) is 18.6. The largest absolute Gasteiger partial charge is 0.378 e. The highest BCUT2D eigenvalue weighted by atomic mass is 16.5. The molecule has 0 saturated carbocycles. The number of benzene rings is 2. The molecule has 2 aliphatic heterocycles. The lowest BCUT2D eigenvalue weighted by molar-refractivity contribution is -0.117. The molecule has 0 aliphatic carbocycles. The van der Waals surface area contributed by atoms with E-state index in [0.29, 0.717) is 12.0 Å². The summed E-state index contributed by atoms with van der Waals surface area (Å²) in [4.78, 5) is 28.4. The van der Waals surface area contributed by atoms with Crippen LogP contribution in [0.3, 0.4) is 0 Å². The standard InChI is InChI=1S/C21H23N3O3/c25-20-5-2-10-24(20)18-8-6-16(7-9-18)21(26)22-17-3-1-4-19(15-17)23-11-13-27-14-12-23/h1,3-4,6-9,15H,2,5,10-14H2,(H,22,26). The number of amides is 2. The Morgan fingerprint density at radius 3 is 2.44 bits per heavy atom. The van der Waals surface area contributed by atoms with Gasteiger partial charge in [-0.3, -0.25) is 9.59 Å². The van der Waals surface area contributed by atoms with E-state index in [1.165, 1.54) is 0 Å². The highest BCUT2D eigenvalue weighted by molar-refractivity contribution is 6.05. The third-order valence-corrected chi connectivity index (χ3v) is 4.99. The van der Waals surface area contributed by atoms with Crippen LogP contribution in [0, 0.1) is 0 Å². The second kappa shape index (κ2) is 7.80. The number of morpholine rings is 1. The quantitative estimate of drug-likeness (QED) is 0.905. The van der Waals surface area contributed by atoms with E-state index < -0.39 is 0 Å². The van der Waals surface area contributed by atoms with E-state index >= 15 is 0 Å². The molecule has 2 amide bonds. The molecule has 140 valence electrons. The SMILES string of the molecule is O=C(Nc1cccc(N2CCOCC2)c1)c1ccc(N2CCCC2=O)cc1. The first-order valence-corrected chi connectivity index (χ1v) is 9.35. The van der Waals surface area contributed by atoms with E-state index in [1.54, 1.807) is 17.0 Å². The zero-order valence-corrected chi connectivity index (χ0v) is 15.2. The number of ether oxygens (including phenoxy) is 1. The van der Waals surface area contributed by atoms with Crippen LogP contribution in [-0.2, 0) is 9.53 Å². The Kier molecular flexibility index (Phi) is 5.07. The summed E-state index contributed by atoms with van der Waals surface area (Å²) in [5.41, 5.74) is 3.27. The summed E-state index contributed by atoms with van der Waals surface area (Å²) in [6.07, 6.45) is 1.49. The Bertz CT molecular complexity index is 829. The molecule has 2 saturated heterocycles. The van der Waals surface area contributed by atoms with Crippen LogP contribution >= 0.6 is 0 Å². The number of rotatable bonds is 4. The fourth-order valence-corrected chi connectivity index (χ4v) is 3.52. The first-order valence-electron chi connectivity index (χ1n) is 9.35. The van der Waals surface area contributed by atoms with Crippen molar-refractivity contribution in [2.75, 3.05) is 48.0 Å². The third kappa shape index (κ3) is 3.95. The molecule has 2 heterocycles. The number of anilines is 3. The second-order valence-electron chi connectivity index (χ2n) is 6.80. The van der Waals surface area contributed by atoms with E-state index in [0.717, 1.165) is 56.3 Å². The molecule has 6 nitrogen and oxygen atoms in total. The first-order chi connectivity index (χ1) is 13.2. The van der Waals surface area contributed by atoms with E-state index in [1.807, 2.05) is 36.4 Å². The van der Waals surface area contributed by atoms with Gasteiger partial charge in [0.1, 0.15) is 0 Å². The average molecular weight is 365 g/mol. The molecule has 2 fully saturated rings. The maximum atomic E-state index is 12.6. The fraction of sp³-hybridized carbons (Fsp3) is 0.333. The van der Waals surface area contributed by atoms with Gasteiger partial charge >= 0.3 is 0 Å². The molecule has 2 aromatic rings. The highest BCUT2D eigenvalue weighted by Gasteiger charge is 2.21. The Labute approximate surface area is 158 Å². The van der Waals surface area contributed by atoms with Crippen molar-refractivity contribution in [3.63, 3.8) is 0 Å². The van der Waals surface area contributed by atoms with Crippen LogP contribution in [0.2, 0.25) is 0 Å². The lowest BCUT2D eigenvalue weighted by Crippen LogP contribution is -2.36. The lowest BCUT2D eigenvalue weighted by atomic mass is 10.1. The molecule has 2 aliphatic rings. The third-order valence-electron chi connectivity index (χ3n) is 4.99. The highest BCUT2D eigenvalue weighted by Crippen LogP contribution is 2.23. The number of hydrogen-bond acceptors (Lipinski definition) is 4. The van der Waals surface area contributed by atoms with Crippen molar-refractivity contribution in [3.05, 3.63) is 54.1 Å². The van der Waals surface area contributed by atoms with Crippen LogP contribution < -0.4 is 15.1 Å². The van der Waals surface area contributed by atoms with Gasteiger partial charge in [0.2, 0.25) is 5.91 Å². The minimum atomic E-state index is -0.159. The molecule has 0 aromatic heterocycles. The monoisotopic (exact) mass is 365 g/mol. The van der Waals surface area contributed by atoms with Gasteiger partial charge in [-0.1, -0.05) is 6.07 Å². The average Bonchev–Trinajstić information content (AvgIpc) is 3.15. The van der Waals surface area contributed by atoms with Crippen molar-refractivity contribution in [3.8, 4) is 0 Å². The van der Waals surface area contributed by atoms with Crippen molar-refractivity contribution < 1.29 is 14.3 Å². The van der Waals surface area contributed by atoms with E-state index in [-0.39, 0.29) is 11.8 Å². The Morgan fingerprint density at radius 1 is 0.963 bits per heavy atom. The molecular weight excluding hydrogens is 342 g/mol. The van der Waals surface area contributed by atoms with Gasteiger partial charge in [0.25, 0.3) is 5.91 Å². The summed E-state index contributed by atoms with van der Waals surface area (Å²) in [5, 5.41) is 2.96. The van der Waals surface area contributed by atoms with Gasteiger partial charge in [-0.25, -0.2) is 0 Å². The van der Waals surface area contributed by atoms with Gasteiger partial charge in [0.15, 0.2) is 0 Å². The molecule has 0 unspecified atom stereocenters. The Morgan fingerprint density at radius 2 is 1.74 bits per heavy atom. The Hall–Kier alpha value is -2.86. The number of hydrogen-bond donors (Lipinski definition) is 1. The van der Waals surface area contributed by atoms with Crippen LogP contribution in [0.4, 0.5) is 17.1 Å². The molecule has 0 radical (unpaired) electrons. The molecule has 0 atom stereocenters. The van der Waals surface area contributed by atoms with Crippen molar-refractivity contribution in [1.29, 1.82) is 0 Å². The molecule has 4 rings (SSSR count). The topological polar surface area (TPSA) is 61.9 Å². The van der Waals surface area contributed by atoms with Gasteiger partial charge in [0.05, 0.1) is 13.2 Å². The van der Waals surface area contributed by atoms with Crippen LogP contribution in [0.25, 0.3) is 0 Å². The van der Waals surface area contributed by atoms with Crippen molar-refractivity contribution in [2.24, 2.45) is 0 Å². The van der Waals surface area contributed by atoms with Crippen LogP contribution in [0.15, 0.2) is 48.5 Å². The molecule has 0 spiro atoms. The van der Waals surface area contributed by atoms with Gasteiger partial charge < -0.3 is 19.9 Å². The summed E-state index contributed by atoms with van der Waals surface area (Å²) in [7, 11) is 0. The van der Waals surface area contributed by atoms with Crippen molar-refractivity contribution in [2.45, 2.75) is 12.8 Å². The second-order valence-corrected chi connectivity index (χ2v) is 6.80. The number of nitrogens with one attached hydrogen (secondary N) is 1. The smallest absolute Gasteiger partial charge is 0.255 e. The van der Waals surface area contributed by atoms with Gasteiger partial charge in [-0.05, 0) is 48.9 Å². The number of nitrogens with zero attached hydrogens (tertiary/aromatic N) is 2. The van der Waals surface area contributed by atoms with Crippen LogP contribution in [-0.4, -0.2) is 44.7 Å². The van der Waals surface area contributed by atoms with Gasteiger partial charge in [-0.15, -0.1) is 0 Å².